The van der Waals surface area contributed by atoms with Crippen molar-refractivity contribution in [1.82, 2.24) is 14.9 Å². The van der Waals surface area contributed by atoms with E-state index in [1.807, 2.05) is 0 Å². The Kier molecular flexibility index (Phi) is 9.78. The van der Waals surface area contributed by atoms with Gasteiger partial charge in [0.1, 0.15) is 16.8 Å². The molecule has 1 aliphatic carbocycles. The van der Waals surface area contributed by atoms with Crippen LogP contribution in [0.2, 0.25) is 0 Å². The minimum Gasteiger partial charge on any atom is -0.443 e. The first-order valence-corrected chi connectivity index (χ1v) is 14.1. The molecule has 2 aromatic rings. The largest absolute Gasteiger partial charge is 0.488 e. The summed E-state index contributed by atoms with van der Waals surface area (Å²) in [6.45, 7) is 15.7. The van der Waals surface area contributed by atoms with Crippen LogP contribution in [-0.4, -0.2) is 79.2 Å². The summed E-state index contributed by atoms with van der Waals surface area (Å²) in [4.78, 5) is 51.2. The van der Waals surface area contributed by atoms with Crippen molar-refractivity contribution in [2.75, 3.05) is 4.90 Å². The van der Waals surface area contributed by atoms with E-state index < -0.39 is 48.2 Å². The van der Waals surface area contributed by atoms with E-state index in [9.17, 15) is 24.4 Å². The molecule has 3 amide bonds. The number of rotatable bonds is 4. The molecule has 3 rings (SSSR count). The van der Waals surface area contributed by atoms with Crippen molar-refractivity contribution in [3.8, 4) is 0 Å². The van der Waals surface area contributed by atoms with Gasteiger partial charge in [0.15, 0.2) is 0 Å². The third-order valence-corrected chi connectivity index (χ3v) is 6.27. The maximum atomic E-state index is 13.5. The summed E-state index contributed by atoms with van der Waals surface area (Å²) in [6, 6.07) is 3.83. The van der Waals surface area contributed by atoms with Gasteiger partial charge in [-0.25, -0.2) is 34.2 Å². The number of ether oxygens (including phenoxy) is 3. The van der Waals surface area contributed by atoms with E-state index >= 15 is 0 Å². The molecule has 2 N–H and O–H groups in total. The number of hydrogen-bond donors (Lipinski definition) is 2. The Balaban J connectivity index is 1.90. The monoisotopic (exact) mass is 586 g/mol. The highest BCUT2D eigenvalue weighted by atomic mass is 16.6. The number of fused-ring (bicyclic) bond motifs is 1. The maximum absolute atomic E-state index is 13.5. The number of amides is 3. The van der Waals surface area contributed by atoms with Crippen LogP contribution in [0, 0.1) is 0 Å². The van der Waals surface area contributed by atoms with Crippen LogP contribution in [0.3, 0.4) is 0 Å². The first-order chi connectivity index (χ1) is 19.2. The molecule has 0 saturated heterocycles. The van der Waals surface area contributed by atoms with Gasteiger partial charge in [-0.3, -0.25) is 0 Å². The molecule has 230 valence electrons. The van der Waals surface area contributed by atoms with Crippen molar-refractivity contribution >= 4 is 47.7 Å². The van der Waals surface area contributed by atoms with Gasteiger partial charge in [0.2, 0.25) is 5.95 Å². The fourth-order valence-electron chi connectivity index (χ4n) is 4.59. The number of aromatic nitrogens is 2. The first-order valence-electron chi connectivity index (χ1n) is 14.1. The SMILES string of the molecule is CC(C)(C)OC(=O)N(C(=O)OC(C)(C)C)C1CCC(N(C(=O)OC(C)(C)C)c2ncc3cc(B(O)O)ccc3n2)CC1. The van der Waals surface area contributed by atoms with Crippen LogP contribution in [0.1, 0.15) is 88.0 Å². The lowest BCUT2D eigenvalue weighted by molar-refractivity contribution is -0.0115. The summed E-state index contributed by atoms with van der Waals surface area (Å²) in [6.07, 6.45) is 0.931. The fraction of sp³-hybridized carbons (Fsp3) is 0.621. The number of benzene rings is 1. The van der Waals surface area contributed by atoms with E-state index in [2.05, 4.69) is 9.97 Å². The van der Waals surface area contributed by atoms with Crippen LogP contribution in [0.15, 0.2) is 24.4 Å². The molecule has 0 radical (unpaired) electrons. The van der Waals surface area contributed by atoms with Gasteiger partial charge in [-0.15, -0.1) is 0 Å². The zero-order valence-electron chi connectivity index (χ0n) is 26.0. The Morgan fingerprint density at radius 3 is 1.74 bits per heavy atom. The standard InChI is InChI=1S/C29H43BN4O8/c1-27(2,3)40-24(35)33(23-31-17-18-16-19(30(38)39)10-15-22(18)32-23)20-11-13-21(14-12-20)34(25(36)41-28(4,5)6)26(37)42-29(7,8)9/h10,15-17,20-21,38-39H,11-14H2,1-9H3. The molecule has 0 atom stereocenters. The van der Waals surface area contributed by atoms with Crippen molar-refractivity contribution in [2.24, 2.45) is 0 Å². The highest BCUT2D eigenvalue weighted by Gasteiger charge is 2.41. The average Bonchev–Trinajstić information content (AvgIpc) is 2.81. The number of hydrogen-bond acceptors (Lipinski definition) is 10. The Labute approximate surface area is 247 Å². The minimum atomic E-state index is -1.64. The first kappa shape index (κ1) is 33.1. The predicted molar refractivity (Wildman–Crippen MR) is 158 cm³/mol. The van der Waals surface area contributed by atoms with E-state index in [0.717, 1.165) is 4.90 Å². The van der Waals surface area contributed by atoms with Crippen LogP contribution < -0.4 is 10.4 Å². The molecule has 1 heterocycles. The lowest BCUT2D eigenvalue weighted by Crippen LogP contribution is -2.52. The molecule has 1 aliphatic rings. The van der Waals surface area contributed by atoms with Gasteiger partial charge in [-0.1, -0.05) is 12.1 Å². The molecule has 0 bridgehead atoms. The van der Waals surface area contributed by atoms with Crippen LogP contribution in [0.25, 0.3) is 10.9 Å². The Morgan fingerprint density at radius 1 is 0.786 bits per heavy atom. The van der Waals surface area contributed by atoms with Gasteiger partial charge in [0.05, 0.1) is 5.52 Å². The molecule has 1 fully saturated rings. The second-order valence-corrected chi connectivity index (χ2v) is 13.5. The predicted octanol–water partition coefficient (Wildman–Crippen LogP) is 4.53. The van der Waals surface area contributed by atoms with Gasteiger partial charge >= 0.3 is 25.4 Å². The van der Waals surface area contributed by atoms with E-state index in [4.69, 9.17) is 14.2 Å². The topological polar surface area (TPSA) is 152 Å². The van der Waals surface area contributed by atoms with Crippen LogP contribution in [0.4, 0.5) is 20.3 Å². The summed E-state index contributed by atoms with van der Waals surface area (Å²) < 4.78 is 16.8. The van der Waals surface area contributed by atoms with Crippen molar-refractivity contribution in [2.45, 2.75) is 117 Å². The second-order valence-electron chi connectivity index (χ2n) is 13.5. The molecule has 13 heteroatoms. The molecular formula is C29H43BN4O8. The third kappa shape index (κ3) is 9.03. The van der Waals surface area contributed by atoms with Gasteiger partial charge in [-0.05, 0) is 99.5 Å². The van der Waals surface area contributed by atoms with E-state index in [0.29, 0.717) is 42.0 Å². The molecule has 0 aliphatic heterocycles. The van der Waals surface area contributed by atoms with Gasteiger partial charge in [0, 0.05) is 23.7 Å². The molecule has 42 heavy (non-hydrogen) atoms. The highest BCUT2D eigenvalue weighted by molar-refractivity contribution is 6.58. The summed E-state index contributed by atoms with van der Waals surface area (Å²) in [5.74, 6) is 0.133. The number of imide groups is 1. The third-order valence-electron chi connectivity index (χ3n) is 6.27. The number of nitrogens with zero attached hydrogens (tertiary/aromatic N) is 4. The van der Waals surface area contributed by atoms with Crippen molar-refractivity contribution in [1.29, 1.82) is 0 Å². The quantitative estimate of drug-likeness (QED) is 0.386. The molecule has 12 nitrogen and oxygen atoms in total. The normalized spacial score (nSPS) is 17.8. The molecule has 0 spiro atoms. The Morgan fingerprint density at radius 2 is 1.26 bits per heavy atom. The Bertz CT molecular complexity index is 1260. The molecule has 1 saturated carbocycles. The van der Waals surface area contributed by atoms with E-state index in [-0.39, 0.29) is 12.0 Å². The summed E-state index contributed by atoms with van der Waals surface area (Å²) in [5.41, 5.74) is -1.61. The molecule has 1 aromatic carbocycles. The summed E-state index contributed by atoms with van der Waals surface area (Å²) >= 11 is 0. The molecular weight excluding hydrogens is 543 g/mol. The Hall–Kier alpha value is -3.45. The summed E-state index contributed by atoms with van der Waals surface area (Å²) in [7, 11) is -1.64. The van der Waals surface area contributed by atoms with Crippen LogP contribution in [-0.2, 0) is 14.2 Å². The summed E-state index contributed by atoms with van der Waals surface area (Å²) in [5, 5.41) is 19.6. The van der Waals surface area contributed by atoms with E-state index in [1.54, 1.807) is 74.4 Å². The lowest BCUT2D eigenvalue weighted by Gasteiger charge is -2.39. The van der Waals surface area contributed by atoms with Crippen molar-refractivity contribution in [3.63, 3.8) is 0 Å². The average molecular weight is 586 g/mol. The van der Waals surface area contributed by atoms with Crippen LogP contribution in [0.5, 0.6) is 0 Å². The number of carbonyl (C=O) groups is 3. The van der Waals surface area contributed by atoms with Gasteiger partial charge in [0.25, 0.3) is 0 Å². The van der Waals surface area contributed by atoms with E-state index in [1.165, 1.54) is 17.2 Å². The van der Waals surface area contributed by atoms with Crippen molar-refractivity contribution in [3.05, 3.63) is 24.4 Å². The minimum absolute atomic E-state index is 0.133. The van der Waals surface area contributed by atoms with Gasteiger partial charge in [-0.2, -0.15) is 0 Å². The fourth-order valence-corrected chi connectivity index (χ4v) is 4.59. The number of anilines is 1. The molecule has 0 unspecified atom stereocenters. The van der Waals surface area contributed by atoms with Crippen molar-refractivity contribution < 1.29 is 38.6 Å². The van der Waals surface area contributed by atoms with Gasteiger partial charge < -0.3 is 24.3 Å². The number of carbonyl (C=O) groups excluding carboxylic acids is 3. The zero-order valence-corrected chi connectivity index (χ0v) is 26.0. The lowest BCUT2D eigenvalue weighted by atomic mass is 9.80. The highest BCUT2D eigenvalue weighted by Crippen LogP contribution is 2.32. The maximum Gasteiger partial charge on any atom is 0.488 e. The van der Waals surface area contributed by atoms with Crippen LogP contribution >= 0.6 is 0 Å². The smallest absolute Gasteiger partial charge is 0.443 e. The zero-order chi connectivity index (χ0) is 31.6. The molecule has 1 aromatic heterocycles. The second kappa shape index (κ2) is 12.4.